The SMILES string of the molecule is Cc1ccccc1C(c1cccc(OCc2ccccc2)c1)N1CCCNCC1. The van der Waals surface area contributed by atoms with Gasteiger partial charge in [0.05, 0.1) is 6.04 Å². The largest absolute Gasteiger partial charge is 0.489 e. The minimum absolute atomic E-state index is 0.247. The van der Waals surface area contributed by atoms with E-state index in [0.29, 0.717) is 6.61 Å². The van der Waals surface area contributed by atoms with E-state index >= 15 is 0 Å². The van der Waals surface area contributed by atoms with Gasteiger partial charge in [-0.15, -0.1) is 0 Å². The molecule has 0 radical (unpaired) electrons. The molecule has 3 aromatic carbocycles. The highest BCUT2D eigenvalue weighted by Gasteiger charge is 2.24. The van der Waals surface area contributed by atoms with E-state index in [-0.39, 0.29) is 6.04 Å². The first-order chi connectivity index (χ1) is 14.3. The molecule has 1 aliphatic heterocycles. The fourth-order valence-corrected chi connectivity index (χ4v) is 4.12. The fourth-order valence-electron chi connectivity index (χ4n) is 4.12. The number of rotatable bonds is 6. The molecular weight excluding hydrogens is 356 g/mol. The van der Waals surface area contributed by atoms with Gasteiger partial charge >= 0.3 is 0 Å². The molecular formula is C26H30N2O. The second kappa shape index (κ2) is 9.73. The summed E-state index contributed by atoms with van der Waals surface area (Å²) in [6.45, 7) is 7.08. The minimum atomic E-state index is 0.247. The van der Waals surface area contributed by atoms with Gasteiger partial charge in [0.15, 0.2) is 0 Å². The van der Waals surface area contributed by atoms with Crippen molar-refractivity contribution in [3.8, 4) is 5.75 Å². The van der Waals surface area contributed by atoms with Crippen LogP contribution in [0.5, 0.6) is 5.75 Å². The van der Waals surface area contributed by atoms with Gasteiger partial charge in [-0.1, -0.05) is 66.7 Å². The Balaban J connectivity index is 1.62. The third-order valence-electron chi connectivity index (χ3n) is 5.65. The van der Waals surface area contributed by atoms with Crippen molar-refractivity contribution >= 4 is 0 Å². The van der Waals surface area contributed by atoms with E-state index in [9.17, 15) is 0 Å². The molecule has 0 saturated carbocycles. The van der Waals surface area contributed by atoms with Crippen molar-refractivity contribution in [2.75, 3.05) is 26.2 Å². The Kier molecular flexibility index (Phi) is 6.60. The molecule has 1 heterocycles. The van der Waals surface area contributed by atoms with Crippen LogP contribution in [-0.4, -0.2) is 31.1 Å². The Morgan fingerprint density at radius 1 is 0.897 bits per heavy atom. The van der Waals surface area contributed by atoms with Gasteiger partial charge in [-0.05, 0) is 54.3 Å². The average molecular weight is 387 g/mol. The van der Waals surface area contributed by atoms with Crippen molar-refractivity contribution in [1.29, 1.82) is 0 Å². The monoisotopic (exact) mass is 386 g/mol. The number of nitrogens with zero attached hydrogens (tertiary/aromatic N) is 1. The van der Waals surface area contributed by atoms with Crippen LogP contribution in [0.2, 0.25) is 0 Å². The quantitative estimate of drug-likeness (QED) is 0.648. The average Bonchev–Trinajstić information content (AvgIpc) is 3.04. The highest BCUT2D eigenvalue weighted by atomic mass is 16.5. The fraction of sp³-hybridized carbons (Fsp3) is 0.308. The van der Waals surface area contributed by atoms with Gasteiger partial charge in [-0.25, -0.2) is 0 Å². The van der Waals surface area contributed by atoms with Crippen molar-refractivity contribution in [2.24, 2.45) is 0 Å². The number of nitrogens with one attached hydrogen (secondary N) is 1. The normalized spacial score (nSPS) is 16.2. The zero-order chi connectivity index (χ0) is 19.9. The van der Waals surface area contributed by atoms with E-state index in [0.717, 1.165) is 31.9 Å². The van der Waals surface area contributed by atoms with E-state index in [4.69, 9.17) is 4.74 Å². The van der Waals surface area contributed by atoms with E-state index < -0.39 is 0 Å². The molecule has 1 atom stereocenters. The molecule has 0 aliphatic carbocycles. The molecule has 0 aromatic heterocycles. The van der Waals surface area contributed by atoms with Crippen molar-refractivity contribution in [3.05, 3.63) is 101 Å². The Bertz CT molecular complexity index is 901. The van der Waals surface area contributed by atoms with Crippen LogP contribution in [0.1, 0.15) is 34.7 Å². The Morgan fingerprint density at radius 3 is 2.59 bits per heavy atom. The van der Waals surface area contributed by atoms with Crippen LogP contribution in [0.15, 0.2) is 78.9 Å². The van der Waals surface area contributed by atoms with Crippen molar-refractivity contribution in [3.63, 3.8) is 0 Å². The summed E-state index contributed by atoms with van der Waals surface area (Å²) < 4.78 is 6.13. The van der Waals surface area contributed by atoms with E-state index in [1.807, 2.05) is 6.07 Å². The van der Waals surface area contributed by atoms with Crippen LogP contribution in [0.3, 0.4) is 0 Å². The molecule has 1 N–H and O–H groups in total. The number of hydrogen-bond acceptors (Lipinski definition) is 3. The lowest BCUT2D eigenvalue weighted by Gasteiger charge is -2.32. The lowest BCUT2D eigenvalue weighted by atomic mass is 9.93. The molecule has 1 aliphatic rings. The number of ether oxygens (including phenoxy) is 1. The van der Waals surface area contributed by atoms with Crippen LogP contribution >= 0.6 is 0 Å². The third-order valence-corrected chi connectivity index (χ3v) is 5.65. The Morgan fingerprint density at radius 2 is 1.72 bits per heavy atom. The Hall–Kier alpha value is -2.62. The lowest BCUT2D eigenvalue weighted by molar-refractivity contribution is 0.239. The number of aryl methyl sites for hydroxylation is 1. The van der Waals surface area contributed by atoms with Gasteiger partial charge in [0, 0.05) is 19.6 Å². The molecule has 150 valence electrons. The summed E-state index contributed by atoms with van der Waals surface area (Å²) in [6, 6.07) is 28.0. The van der Waals surface area contributed by atoms with Crippen LogP contribution in [0, 0.1) is 6.92 Å². The summed E-state index contributed by atoms with van der Waals surface area (Å²) in [5.41, 5.74) is 5.21. The Labute approximate surface area is 174 Å². The maximum Gasteiger partial charge on any atom is 0.120 e. The van der Waals surface area contributed by atoms with Gasteiger partial charge in [0.2, 0.25) is 0 Å². The molecule has 0 spiro atoms. The molecule has 3 heteroatoms. The highest BCUT2D eigenvalue weighted by molar-refractivity contribution is 5.40. The summed E-state index contributed by atoms with van der Waals surface area (Å²) in [5.74, 6) is 0.929. The maximum atomic E-state index is 6.13. The molecule has 3 aromatic rings. The third kappa shape index (κ3) is 5.06. The number of hydrogen-bond donors (Lipinski definition) is 1. The van der Waals surface area contributed by atoms with Gasteiger partial charge in [-0.2, -0.15) is 0 Å². The minimum Gasteiger partial charge on any atom is -0.489 e. The summed E-state index contributed by atoms with van der Waals surface area (Å²) in [7, 11) is 0. The molecule has 3 nitrogen and oxygen atoms in total. The van der Waals surface area contributed by atoms with E-state index in [1.54, 1.807) is 0 Å². The maximum absolute atomic E-state index is 6.13. The van der Waals surface area contributed by atoms with Crippen molar-refractivity contribution in [2.45, 2.75) is 26.0 Å². The topological polar surface area (TPSA) is 24.5 Å². The van der Waals surface area contributed by atoms with Crippen LogP contribution in [-0.2, 0) is 6.61 Å². The standard InChI is InChI=1S/C26H30N2O/c1-21-9-5-6-14-25(21)26(28-17-8-15-27-16-18-28)23-12-7-13-24(19-23)29-20-22-10-3-2-4-11-22/h2-7,9-14,19,26-27H,8,15-18,20H2,1H3. The first kappa shape index (κ1) is 19.7. The number of benzene rings is 3. The van der Waals surface area contributed by atoms with E-state index in [2.05, 4.69) is 89.9 Å². The lowest BCUT2D eigenvalue weighted by Crippen LogP contribution is -2.33. The molecule has 1 saturated heterocycles. The summed E-state index contributed by atoms with van der Waals surface area (Å²) in [6.07, 6.45) is 1.17. The first-order valence-corrected chi connectivity index (χ1v) is 10.6. The predicted molar refractivity (Wildman–Crippen MR) is 119 cm³/mol. The summed E-state index contributed by atoms with van der Waals surface area (Å²) in [4.78, 5) is 2.61. The molecule has 0 amide bonds. The predicted octanol–water partition coefficient (Wildman–Crippen LogP) is 4.96. The van der Waals surface area contributed by atoms with Gasteiger partial charge in [-0.3, -0.25) is 4.90 Å². The molecule has 1 fully saturated rings. The summed E-state index contributed by atoms with van der Waals surface area (Å²) >= 11 is 0. The summed E-state index contributed by atoms with van der Waals surface area (Å²) in [5, 5.41) is 3.53. The molecule has 4 rings (SSSR count). The second-order valence-corrected chi connectivity index (χ2v) is 7.75. The van der Waals surface area contributed by atoms with Crippen molar-refractivity contribution < 1.29 is 4.74 Å². The smallest absolute Gasteiger partial charge is 0.120 e. The van der Waals surface area contributed by atoms with Crippen molar-refractivity contribution in [1.82, 2.24) is 10.2 Å². The highest BCUT2D eigenvalue weighted by Crippen LogP contribution is 2.33. The molecule has 1 unspecified atom stereocenters. The zero-order valence-electron chi connectivity index (χ0n) is 17.2. The second-order valence-electron chi connectivity index (χ2n) is 7.75. The van der Waals surface area contributed by atoms with Gasteiger partial charge in [0.1, 0.15) is 12.4 Å². The zero-order valence-corrected chi connectivity index (χ0v) is 17.2. The molecule has 29 heavy (non-hydrogen) atoms. The van der Waals surface area contributed by atoms with Gasteiger partial charge < -0.3 is 10.1 Å². The van der Waals surface area contributed by atoms with E-state index in [1.165, 1.54) is 28.7 Å². The van der Waals surface area contributed by atoms with Crippen LogP contribution in [0.25, 0.3) is 0 Å². The van der Waals surface area contributed by atoms with Gasteiger partial charge in [0.25, 0.3) is 0 Å². The van der Waals surface area contributed by atoms with Crippen LogP contribution in [0.4, 0.5) is 0 Å². The van der Waals surface area contributed by atoms with Crippen LogP contribution < -0.4 is 10.1 Å². The first-order valence-electron chi connectivity index (χ1n) is 10.6. The molecule has 0 bridgehead atoms.